The fourth-order valence-corrected chi connectivity index (χ4v) is 10.1. The molecule has 0 amide bonds. The zero-order valence-corrected chi connectivity index (χ0v) is 33.2. The molecular weight excluding hydrogens is 693 g/mol. The van der Waals surface area contributed by atoms with E-state index < -0.39 is 0 Å². The number of furan rings is 1. The van der Waals surface area contributed by atoms with Gasteiger partial charge in [0.2, 0.25) is 5.88 Å². The monoisotopic (exact) mass is 735 g/mol. The highest BCUT2D eigenvalue weighted by Gasteiger charge is 2.46. The van der Waals surface area contributed by atoms with Gasteiger partial charge in [0.1, 0.15) is 5.58 Å². The fraction of sp³-hybridized carbons (Fsp3) is 0.154. The fourth-order valence-electron chi connectivity index (χ4n) is 10.1. The Hall–Kier alpha value is -6.46. The third kappa shape index (κ3) is 4.35. The maximum atomic E-state index is 7.10. The molecule has 0 atom stereocenters. The van der Waals surface area contributed by atoms with Gasteiger partial charge < -0.3 is 13.5 Å². The van der Waals surface area contributed by atoms with Gasteiger partial charge in [-0.1, -0.05) is 133 Å². The number of benzene rings is 7. The van der Waals surface area contributed by atoms with Gasteiger partial charge in [0, 0.05) is 66.1 Å². The Kier molecular flexibility index (Phi) is 6.38. The zero-order valence-electron chi connectivity index (χ0n) is 33.2. The lowest BCUT2D eigenvalue weighted by Crippen LogP contribution is -2.56. The summed E-state index contributed by atoms with van der Waals surface area (Å²) in [4.78, 5) is 2.41. The van der Waals surface area contributed by atoms with Gasteiger partial charge >= 0.3 is 6.85 Å². The number of fused-ring (bicyclic) bond motifs is 13. The molecule has 0 saturated carbocycles. The summed E-state index contributed by atoms with van der Waals surface area (Å²) < 4.78 is 12.2. The van der Waals surface area contributed by atoms with Crippen molar-refractivity contribution in [2.45, 2.75) is 52.4 Å². The van der Waals surface area contributed by atoms with Gasteiger partial charge in [0.15, 0.2) is 0 Å². The smallest absolute Gasteiger partial charge is 0.337 e. The Bertz CT molecular complexity index is 3310. The molecule has 0 unspecified atom stereocenters. The Morgan fingerprint density at radius 2 is 1.16 bits per heavy atom. The van der Waals surface area contributed by atoms with Crippen LogP contribution in [0.5, 0.6) is 0 Å². The van der Waals surface area contributed by atoms with E-state index >= 15 is 0 Å². The van der Waals surface area contributed by atoms with Gasteiger partial charge in [-0.05, 0) is 87.6 Å². The lowest BCUT2D eigenvalue weighted by atomic mass is 9.45. The normalized spacial score (nSPS) is 13.7. The van der Waals surface area contributed by atoms with E-state index in [9.17, 15) is 0 Å². The molecule has 0 bridgehead atoms. The summed E-state index contributed by atoms with van der Waals surface area (Å²) in [6.45, 7) is 13.7. The van der Waals surface area contributed by atoms with Crippen LogP contribution in [0.15, 0.2) is 150 Å². The van der Waals surface area contributed by atoms with Crippen LogP contribution in [0.1, 0.15) is 52.7 Å². The van der Waals surface area contributed by atoms with Crippen LogP contribution in [-0.2, 0) is 10.8 Å². The molecule has 10 aromatic rings. The van der Waals surface area contributed by atoms with Crippen molar-refractivity contribution in [3.63, 3.8) is 0 Å². The summed E-state index contributed by atoms with van der Waals surface area (Å²) in [5.74, 6) is 0.894. The molecule has 2 aliphatic rings. The summed E-state index contributed by atoms with van der Waals surface area (Å²) in [6, 6.07) is 54.1. The molecule has 3 aromatic heterocycles. The molecule has 0 fully saturated rings. The summed E-state index contributed by atoms with van der Waals surface area (Å²) in [5, 5.41) is 6.30. The molecule has 7 aromatic carbocycles. The van der Waals surface area contributed by atoms with Crippen LogP contribution in [-0.4, -0.2) is 15.9 Å². The van der Waals surface area contributed by atoms with Crippen molar-refractivity contribution in [3.8, 4) is 16.8 Å². The quantitative estimate of drug-likeness (QED) is 0.165. The van der Waals surface area contributed by atoms with E-state index in [1.165, 1.54) is 88.2 Å². The van der Waals surface area contributed by atoms with Gasteiger partial charge in [0.25, 0.3) is 0 Å². The van der Waals surface area contributed by atoms with E-state index in [0.29, 0.717) is 0 Å². The van der Waals surface area contributed by atoms with Crippen molar-refractivity contribution in [2.75, 3.05) is 4.90 Å². The van der Waals surface area contributed by atoms with E-state index in [-0.39, 0.29) is 17.7 Å². The van der Waals surface area contributed by atoms with Crippen molar-refractivity contribution in [1.82, 2.24) is 9.05 Å². The first-order chi connectivity index (χ1) is 27.6. The molecule has 274 valence electrons. The second-order valence-corrected chi connectivity index (χ2v) is 18.2. The number of hydrogen-bond acceptors (Lipinski definition) is 2. The molecule has 0 radical (unpaired) electrons. The first-order valence-corrected chi connectivity index (χ1v) is 20.2. The summed E-state index contributed by atoms with van der Waals surface area (Å²) in [7, 11) is 0. The van der Waals surface area contributed by atoms with Crippen LogP contribution in [0.2, 0.25) is 0 Å². The molecule has 0 aliphatic carbocycles. The lowest BCUT2D eigenvalue weighted by Gasteiger charge is -2.39. The van der Waals surface area contributed by atoms with Crippen molar-refractivity contribution in [3.05, 3.63) is 157 Å². The number of para-hydroxylation sites is 4. The van der Waals surface area contributed by atoms with Crippen molar-refractivity contribution in [1.29, 1.82) is 0 Å². The molecule has 2 aliphatic heterocycles. The van der Waals surface area contributed by atoms with Gasteiger partial charge in [-0.3, -0.25) is 4.90 Å². The predicted molar refractivity (Wildman–Crippen MR) is 241 cm³/mol. The minimum absolute atomic E-state index is 0.0464. The predicted octanol–water partition coefficient (Wildman–Crippen LogP) is 12.7. The van der Waals surface area contributed by atoms with Crippen molar-refractivity contribution < 1.29 is 4.42 Å². The minimum Gasteiger partial charge on any atom is -0.440 e. The van der Waals surface area contributed by atoms with Crippen LogP contribution in [0.3, 0.4) is 0 Å². The van der Waals surface area contributed by atoms with Gasteiger partial charge in [-0.2, -0.15) is 0 Å². The number of rotatable bonds is 2. The minimum atomic E-state index is -0.109. The molecule has 57 heavy (non-hydrogen) atoms. The van der Waals surface area contributed by atoms with Crippen LogP contribution in [0, 0.1) is 0 Å². The van der Waals surface area contributed by atoms with Gasteiger partial charge in [-0.15, -0.1) is 0 Å². The molecule has 0 N–H and O–H groups in total. The maximum Gasteiger partial charge on any atom is 0.337 e. The second kappa shape index (κ2) is 11.1. The molecule has 5 heterocycles. The van der Waals surface area contributed by atoms with Crippen LogP contribution in [0.4, 0.5) is 17.3 Å². The SMILES string of the molecule is CC(C)(C)c1ccc(N2c3cc(C(C)(C)C)cc4c3B(c3c2oc2ccccc32)n2c3ccc5c(c6ccccc6n5-c5ccccc5)c3c3cccc-4c32)cc1. The van der Waals surface area contributed by atoms with E-state index in [1.807, 2.05) is 0 Å². The summed E-state index contributed by atoms with van der Waals surface area (Å²) in [6.07, 6.45) is 0. The van der Waals surface area contributed by atoms with E-state index in [4.69, 9.17) is 4.42 Å². The van der Waals surface area contributed by atoms with E-state index in [0.717, 1.165) is 22.5 Å². The first-order valence-electron chi connectivity index (χ1n) is 20.2. The average molecular weight is 736 g/mol. The number of aromatic nitrogens is 2. The Morgan fingerprint density at radius 1 is 0.491 bits per heavy atom. The topological polar surface area (TPSA) is 26.2 Å². The Balaban J connectivity index is 1.25. The average Bonchev–Trinajstić information content (AvgIpc) is 3.87. The zero-order chi connectivity index (χ0) is 38.5. The van der Waals surface area contributed by atoms with E-state index in [2.05, 4.69) is 201 Å². The van der Waals surface area contributed by atoms with Crippen molar-refractivity contribution in [2.24, 2.45) is 0 Å². The molecule has 0 saturated heterocycles. The Labute approximate surface area is 332 Å². The molecule has 4 nitrogen and oxygen atoms in total. The van der Waals surface area contributed by atoms with Crippen LogP contribution in [0.25, 0.3) is 71.4 Å². The van der Waals surface area contributed by atoms with Crippen molar-refractivity contribution >= 4 is 89.6 Å². The number of nitrogens with zero attached hydrogens (tertiary/aromatic N) is 3. The largest absolute Gasteiger partial charge is 0.440 e. The van der Waals surface area contributed by atoms with E-state index in [1.54, 1.807) is 0 Å². The highest BCUT2D eigenvalue weighted by molar-refractivity contribution is 6.91. The van der Waals surface area contributed by atoms with Crippen LogP contribution < -0.4 is 15.8 Å². The summed E-state index contributed by atoms with van der Waals surface area (Å²) in [5.41, 5.74) is 17.0. The number of anilines is 3. The molecular formula is C52H42BN3O. The molecule has 12 rings (SSSR count). The molecule has 5 heteroatoms. The Morgan fingerprint density at radius 3 is 1.93 bits per heavy atom. The molecule has 0 spiro atoms. The second-order valence-electron chi connectivity index (χ2n) is 18.2. The lowest BCUT2D eigenvalue weighted by molar-refractivity contribution is 0.589. The maximum absolute atomic E-state index is 7.10. The standard InChI is InChI=1S/C52H42BN3O/c1-51(2,3)31-23-25-34(26-24-31)55-43-30-32(52(4,5)6)29-39-35-19-14-20-38-46-42(56(49(35)38)53(47(39)43)48-37-18-11-13-22-44(37)57-50(48)55)28-27-41-45(46)36-17-10-12-21-40(36)54(41)33-15-8-7-9-16-33/h7-30H,1-6H3. The summed E-state index contributed by atoms with van der Waals surface area (Å²) >= 11 is 0. The highest BCUT2D eigenvalue weighted by Crippen LogP contribution is 2.50. The number of hydrogen-bond donors (Lipinski definition) is 0. The van der Waals surface area contributed by atoms with Gasteiger partial charge in [0.05, 0.1) is 11.0 Å². The third-order valence-corrected chi connectivity index (χ3v) is 12.8. The van der Waals surface area contributed by atoms with Gasteiger partial charge in [-0.25, -0.2) is 0 Å². The third-order valence-electron chi connectivity index (χ3n) is 12.8. The first kappa shape index (κ1) is 32.8. The highest BCUT2D eigenvalue weighted by atomic mass is 16.4. The van der Waals surface area contributed by atoms with Crippen LogP contribution >= 0.6 is 0 Å².